The minimum atomic E-state index is -0.939. The Labute approximate surface area is 158 Å². The van der Waals surface area contributed by atoms with Gasteiger partial charge in [0.1, 0.15) is 7.11 Å². The molecule has 0 fully saturated rings. The smallest absolute Gasteiger partial charge is 0.328 e. The first-order valence-electron chi connectivity index (χ1n) is 9.39. The molecule has 27 heavy (non-hydrogen) atoms. The van der Waals surface area contributed by atoms with E-state index in [0.717, 1.165) is 54.5 Å². The number of carboxylic acid groups (broad SMARTS) is 1. The number of oxime groups is 1. The first-order valence-corrected chi connectivity index (χ1v) is 9.39. The maximum atomic E-state index is 11.2. The molecule has 0 amide bonds. The van der Waals surface area contributed by atoms with Gasteiger partial charge in [-0.15, -0.1) is 0 Å². The van der Waals surface area contributed by atoms with Crippen molar-refractivity contribution in [2.45, 2.75) is 39.0 Å². The number of hydrogen-bond donors (Lipinski definition) is 1. The molecule has 2 aliphatic carbocycles. The summed E-state index contributed by atoms with van der Waals surface area (Å²) < 4.78 is 0. The maximum absolute atomic E-state index is 11.2. The van der Waals surface area contributed by atoms with E-state index in [9.17, 15) is 9.90 Å². The molecule has 2 aromatic rings. The third-order valence-electron chi connectivity index (χ3n) is 5.56. The number of nitrogens with zero attached hydrogens (tertiary/aromatic N) is 1. The Balaban J connectivity index is 2.08. The largest absolute Gasteiger partial charge is 0.478 e. The monoisotopic (exact) mass is 361 g/mol. The van der Waals surface area contributed by atoms with Crippen molar-refractivity contribution in [1.29, 1.82) is 0 Å². The van der Waals surface area contributed by atoms with Gasteiger partial charge in [0, 0.05) is 11.6 Å². The molecule has 0 bridgehead atoms. The van der Waals surface area contributed by atoms with Crippen molar-refractivity contribution in [1.82, 2.24) is 0 Å². The van der Waals surface area contributed by atoms with Crippen LogP contribution in [0.1, 0.15) is 48.4 Å². The Hall–Kier alpha value is -2.88. The minimum absolute atomic E-state index is 0.867. The standard InChI is InChI=1S/C23H23NO3/c1-14-5-3-8-19(24-27-2)21(14)23-17(11-12-20(25)26)13-16-10-9-15-6-4-7-18(23)22(15)16/h4,6-7,11-13H,3,5,8-10H2,1-2H3,(H,25,26)/b12-11+,24-19+. The molecule has 0 unspecified atom stereocenters. The number of allylic oxidation sites excluding steroid dienone is 2. The first-order chi connectivity index (χ1) is 13.1. The third kappa shape index (κ3) is 3.05. The van der Waals surface area contributed by atoms with E-state index in [4.69, 9.17) is 4.84 Å². The number of carbonyl (C=O) groups is 1. The highest BCUT2D eigenvalue weighted by Gasteiger charge is 2.25. The Kier molecular flexibility index (Phi) is 4.56. The number of rotatable bonds is 4. The molecular formula is C23H23NO3. The lowest BCUT2D eigenvalue weighted by atomic mass is 9.81. The molecule has 0 atom stereocenters. The van der Waals surface area contributed by atoms with Gasteiger partial charge in [-0.3, -0.25) is 0 Å². The number of hydrogen-bond acceptors (Lipinski definition) is 3. The molecule has 2 aromatic carbocycles. The van der Waals surface area contributed by atoms with Crippen LogP contribution in [0.2, 0.25) is 0 Å². The van der Waals surface area contributed by atoms with Crippen LogP contribution in [0, 0.1) is 0 Å². The van der Waals surface area contributed by atoms with Gasteiger partial charge < -0.3 is 9.94 Å². The SMILES string of the molecule is CO/N=C1\CCCC(C)=C1c1c(/C=C/C(=O)O)cc2c3c(cccc13)CC2. The second-order valence-corrected chi connectivity index (χ2v) is 7.24. The molecule has 0 saturated carbocycles. The van der Waals surface area contributed by atoms with Crippen LogP contribution in [0.5, 0.6) is 0 Å². The van der Waals surface area contributed by atoms with Gasteiger partial charge in [0.05, 0.1) is 5.71 Å². The van der Waals surface area contributed by atoms with E-state index >= 15 is 0 Å². The number of carboxylic acids is 1. The molecule has 0 radical (unpaired) electrons. The first kappa shape index (κ1) is 17.5. The van der Waals surface area contributed by atoms with Crippen LogP contribution in [0.15, 0.2) is 41.1 Å². The molecular weight excluding hydrogens is 338 g/mol. The summed E-state index contributed by atoms with van der Waals surface area (Å²) in [7, 11) is 1.58. The highest BCUT2D eigenvalue weighted by atomic mass is 16.6. The Morgan fingerprint density at radius 3 is 2.78 bits per heavy atom. The lowest BCUT2D eigenvalue weighted by Crippen LogP contribution is -2.12. The van der Waals surface area contributed by atoms with Gasteiger partial charge in [-0.2, -0.15) is 0 Å². The van der Waals surface area contributed by atoms with Gasteiger partial charge in [-0.05, 0) is 78.1 Å². The summed E-state index contributed by atoms with van der Waals surface area (Å²) >= 11 is 0. The van der Waals surface area contributed by atoms with E-state index < -0.39 is 5.97 Å². The van der Waals surface area contributed by atoms with Gasteiger partial charge in [0.15, 0.2) is 0 Å². The van der Waals surface area contributed by atoms with E-state index in [2.05, 4.69) is 36.3 Å². The number of aliphatic carboxylic acids is 1. The van der Waals surface area contributed by atoms with E-state index in [0.29, 0.717) is 0 Å². The number of aryl methyl sites for hydroxylation is 2. The average Bonchev–Trinajstić information content (AvgIpc) is 3.06. The highest BCUT2D eigenvalue weighted by molar-refractivity contribution is 6.29. The lowest BCUT2D eigenvalue weighted by Gasteiger charge is -2.23. The molecule has 0 spiro atoms. The summed E-state index contributed by atoms with van der Waals surface area (Å²) in [6.07, 6.45) is 7.92. The molecule has 4 nitrogen and oxygen atoms in total. The molecule has 4 heteroatoms. The van der Waals surface area contributed by atoms with Crippen LogP contribution >= 0.6 is 0 Å². The molecule has 138 valence electrons. The Morgan fingerprint density at radius 2 is 2.00 bits per heavy atom. The van der Waals surface area contributed by atoms with E-state index in [1.165, 1.54) is 33.5 Å². The van der Waals surface area contributed by atoms with E-state index in [1.54, 1.807) is 13.2 Å². The van der Waals surface area contributed by atoms with Crippen LogP contribution in [0.3, 0.4) is 0 Å². The van der Waals surface area contributed by atoms with E-state index in [-0.39, 0.29) is 0 Å². The molecule has 0 aromatic heterocycles. The zero-order valence-corrected chi connectivity index (χ0v) is 15.7. The molecule has 4 rings (SSSR count). The van der Waals surface area contributed by atoms with Crippen LogP contribution in [0.25, 0.3) is 22.4 Å². The predicted molar refractivity (Wildman–Crippen MR) is 109 cm³/mol. The molecule has 0 aliphatic heterocycles. The Morgan fingerprint density at radius 1 is 1.19 bits per heavy atom. The van der Waals surface area contributed by atoms with Gasteiger partial charge in [-0.25, -0.2) is 4.79 Å². The van der Waals surface area contributed by atoms with Gasteiger partial charge >= 0.3 is 5.97 Å². The fourth-order valence-electron chi connectivity index (χ4n) is 4.50. The molecule has 2 aliphatic rings. The average molecular weight is 361 g/mol. The zero-order valence-electron chi connectivity index (χ0n) is 15.7. The van der Waals surface area contributed by atoms with Crippen LogP contribution < -0.4 is 0 Å². The quantitative estimate of drug-likeness (QED) is 0.616. The van der Waals surface area contributed by atoms with Gasteiger partial charge in [0.2, 0.25) is 0 Å². The fraction of sp³-hybridized carbons (Fsp3) is 0.304. The maximum Gasteiger partial charge on any atom is 0.328 e. The van der Waals surface area contributed by atoms with Crippen LogP contribution in [-0.4, -0.2) is 23.9 Å². The second-order valence-electron chi connectivity index (χ2n) is 7.24. The minimum Gasteiger partial charge on any atom is -0.478 e. The third-order valence-corrected chi connectivity index (χ3v) is 5.56. The molecule has 1 N–H and O–H groups in total. The summed E-state index contributed by atoms with van der Waals surface area (Å²) in [4.78, 5) is 16.3. The molecule has 0 saturated heterocycles. The van der Waals surface area contributed by atoms with Gasteiger partial charge in [-0.1, -0.05) is 35.0 Å². The summed E-state index contributed by atoms with van der Waals surface area (Å²) in [5.41, 5.74) is 8.04. The van der Waals surface area contributed by atoms with Crippen molar-refractivity contribution in [2.75, 3.05) is 7.11 Å². The van der Waals surface area contributed by atoms with Crippen LogP contribution in [0.4, 0.5) is 0 Å². The van der Waals surface area contributed by atoms with Crippen molar-refractivity contribution in [3.8, 4) is 0 Å². The van der Waals surface area contributed by atoms with Crippen molar-refractivity contribution < 1.29 is 14.7 Å². The highest BCUT2D eigenvalue weighted by Crippen LogP contribution is 2.41. The lowest BCUT2D eigenvalue weighted by molar-refractivity contribution is -0.131. The topological polar surface area (TPSA) is 58.9 Å². The fourth-order valence-corrected chi connectivity index (χ4v) is 4.50. The zero-order chi connectivity index (χ0) is 19.0. The summed E-state index contributed by atoms with van der Waals surface area (Å²) in [5.74, 6) is -0.939. The van der Waals surface area contributed by atoms with Crippen molar-refractivity contribution in [3.05, 3.63) is 58.2 Å². The normalized spacial score (nSPS) is 18.1. The van der Waals surface area contributed by atoms with Crippen LogP contribution in [-0.2, 0) is 22.5 Å². The van der Waals surface area contributed by atoms with E-state index in [1.807, 2.05) is 0 Å². The van der Waals surface area contributed by atoms with Crippen molar-refractivity contribution >= 4 is 34.1 Å². The summed E-state index contributed by atoms with van der Waals surface area (Å²) in [5, 5.41) is 16.0. The van der Waals surface area contributed by atoms with Crippen molar-refractivity contribution in [3.63, 3.8) is 0 Å². The summed E-state index contributed by atoms with van der Waals surface area (Å²) in [6, 6.07) is 8.61. The second kappa shape index (κ2) is 7.03. The number of benzene rings is 2. The van der Waals surface area contributed by atoms with Gasteiger partial charge in [0.25, 0.3) is 0 Å². The predicted octanol–water partition coefficient (Wildman–Crippen LogP) is 5.00. The summed E-state index contributed by atoms with van der Waals surface area (Å²) in [6.45, 7) is 2.15. The molecule has 0 heterocycles. The van der Waals surface area contributed by atoms with Crippen molar-refractivity contribution in [2.24, 2.45) is 5.16 Å². The Bertz CT molecular complexity index is 1030.